The molecule has 0 bridgehead atoms. The molecule has 0 saturated heterocycles. The van der Waals surface area contributed by atoms with E-state index in [2.05, 4.69) is 15.0 Å². The first-order valence-corrected chi connectivity index (χ1v) is 9.18. The number of fused-ring (bicyclic) bond motifs is 1. The number of aromatic nitrogens is 1. The van der Waals surface area contributed by atoms with Crippen LogP contribution in [0.3, 0.4) is 0 Å². The van der Waals surface area contributed by atoms with Gasteiger partial charge in [-0.25, -0.2) is 22.9 Å². The molecule has 1 aromatic carbocycles. The number of carbonyl (C=O) groups excluding carboxylic acids is 1. The van der Waals surface area contributed by atoms with Crippen LogP contribution in [0.2, 0.25) is 0 Å². The van der Waals surface area contributed by atoms with E-state index in [0.29, 0.717) is 10.8 Å². The minimum absolute atomic E-state index is 0.0263. The molecule has 0 fully saturated rings. The standard InChI is InChI=1S/C16H22N4O4S/c1-16(2,3)24-15(21)19-9-10-20-25(22,23)13-6-4-5-12-11(13)7-8-18-14(12)17/h4-8,20H,9-10H2,1-3H3,(H2,17,18)(H,19,21). The number of anilines is 1. The number of nitrogens with two attached hydrogens (primary N) is 1. The van der Waals surface area contributed by atoms with Crippen LogP contribution < -0.4 is 15.8 Å². The van der Waals surface area contributed by atoms with E-state index in [1.807, 2.05) is 0 Å². The number of alkyl carbamates (subject to hydrolysis) is 1. The van der Waals surface area contributed by atoms with E-state index >= 15 is 0 Å². The summed E-state index contributed by atoms with van der Waals surface area (Å²) in [6, 6.07) is 6.40. The van der Waals surface area contributed by atoms with E-state index in [0.717, 1.165) is 0 Å². The third-order valence-corrected chi connectivity index (χ3v) is 4.69. The summed E-state index contributed by atoms with van der Waals surface area (Å²) in [6.45, 7) is 5.37. The van der Waals surface area contributed by atoms with Crippen LogP contribution in [0.4, 0.5) is 10.6 Å². The van der Waals surface area contributed by atoms with E-state index in [-0.39, 0.29) is 23.8 Å². The highest BCUT2D eigenvalue weighted by Gasteiger charge is 2.18. The molecule has 0 atom stereocenters. The van der Waals surface area contributed by atoms with Gasteiger partial charge < -0.3 is 15.8 Å². The molecule has 0 aliphatic rings. The van der Waals surface area contributed by atoms with E-state index < -0.39 is 21.7 Å². The van der Waals surface area contributed by atoms with Gasteiger partial charge in [-0.1, -0.05) is 12.1 Å². The van der Waals surface area contributed by atoms with Crippen molar-refractivity contribution in [3.8, 4) is 0 Å². The monoisotopic (exact) mass is 366 g/mol. The molecular formula is C16H22N4O4S. The van der Waals surface area contributed by atoms with Crippen molar-refractivity contribution in [2.24, 2.45) is 0 Å². The minimum Gasteiger partial charge on any atom is -0.444 e. The Balaban J connectivity index is 2.04. The molecule has 0 aliphatic carbocycles. The van der Waals surface area contributed by atoms with Gasteiger partial charge in [0.15, 0.2) is 0 Å². The summed E-state index contributed by atoms with van der Waals surface area (Å²) in [5.74, 6) is 0.265. The second-order valence-electron chi connectivity index (χ2n) is 6.37. The zero-order chi connectivity index (χ0) is 18.7. The summed E-state index contributed by atoms with van der Waals surface area (Å²) in [5.41, 5.74) is 5.18. The minimum atomic E-state index is -3.76. The van der Waals surface area contributed by atoms with Gasteiger partial charge >= 0.3 is 6.09 Å². The fraction of sp³-hybridized carbons (Fsp3) is 0.375. The van der Waals surface area contributed by atoms with Gasteiger partial charge in [0.1, 0.15) is 11.4 Å². The molecule has 9 heteroatoms. The highest BCUT2D eigenvalue weighted by atomic mass is 32.2. The van der Waals surface area contributed by atoms with Gasteiger partial charge in [-0.05, 0) is 32.9 Å². The molecule has 0 spiro atoms. The summed E-state index contributed by atoms with van der Waals surface area (Å²) in [6.07, 6.45) is 0.858. The maximum Gasteiger partial charge on any atom is 0.407 e. The van der Waals surface area contributed by atoms with Crippen molar-refractivity contribution in [2.75, 3.05) is 18.8 Å². The van der Waals surface area contributed by atoms with Crippen LogP contribution in [0.15, 0.2) is 35.4 Å². The van der Waals surface area contributed by atoms with Gasteiger partial charge in [0.2, 0.25) is 10.0 Å². The molecular weight excluding hydrogens is 344 g/mol. The maximum atomic E-state index is 12.5. The largest absolute Gasteiger partial charge is 0.444 e. The molecule has 25 heavy (non-hydrogen) atoms. The number of ether oxygens (including phenoxy) is 1. The fourth-order valence-electron chi connectivity index (χ4n) is 2.18. The molecule has 1 aromatic heterocycles. The summed E-state index contributed by atoms with van der Waals surface area (Å²) >= 11 is 0. The number of sulfonamides is 1. The lowest BCUT2D eigenvalue weighted by Gasteiger charge is -2.19. The zero-order valence-corrected chi connectivity index (χ0v) is 15.2. The number of benzene rings is 1. The van der Waals surface area contributed by atoms with Crippen LogP contribution >= 0.6 is 0 Å². The van der Waals surface area contributed by atoms with Gasteiger partial charge in [0.25, 0.3) is 0 Å². The summed E-state index contributed by atoms with van der Waals surface area (Å²) < 4.78 is 32.6. The van der Waals surface area contributed by atoms with Crippen molar-refractivity contribution in [1.82, 2.24) is 15.0 Å². The number of pyridine rings is 1. The summed E-state index contributed by atoms with van der Waals surface area (Å²) in [4.78, 5) is 15.6. The molecule has 1 heterocycles. The first kappa shape index (κ1) is 18.9. The average Bonchev–Trinajstić information content (AvgIpc) is 2.50. The predicted molar refractivity (Wildman–Crippen MR) is 95.6 cm³/mol. The molecule has 2 aromatic rings. The Morgan fingerprint density at radius 3 is 2.60 bits per heavy atom. The Kier molecular flexibility index (Phi) is 5.48. The smallest absolute Gasteiger partial charge is 0.407 e. The van der Waals surface area contributed by atoms with Gasteiger partial charge in [-0.3, -0.25) is 0 Å². The number of nitrogens with zero attached hydrogens (tertiary/aromatic N) is 1. The number of hydrogen-bond acceptors (Lipinski definition) is 6. The van der Waals surface area contributed by atoms with Crippen molar-refractivity contribution in [2.45, 2.75) is 31.3 Å². The maximum absolute atomic E-state index is 12.5. The van der Waals surface area contributed by atoms with E-state index in [9.17, 15) is 13.2 Å². The SMILES string of the molecule is CC(C)(C)OC(=O)NCCNS(=O)(=O)c1cccc2c(N)nccc12. The molecule has 0 saturated carbocycles. The first-order valence-electron chi connectivity index (χ1n) is 7.70. The number of rotatable bonds is 5. The number of nitrogen functional groups attached to an aromatic ring is 1. The highest BCUT2D eigenvalue weighted by Crippen LogP contribution is 2.25. The van der Waals surface area contributed by atoms with E-state index in [4.69, 9.17) is 10.5 Å². The van der Waals surface area contributed by atoms with Gasteiger partial charge in [0, 0.05) is 30.1 Å². The van der Waals surface area contributed by atoms with E-state index in [1.165, 1.54) is 12.3 Å². The van der Waals surface area contributed by atoms with Gasteiger partial charge in [0.05, 0.1) is 4.90 Å². The Morgan fingerprint density at radius 2 is 1.92 bits per heavy atom. The topological polar surface area (TPSA) is 123 Å². The number of carbonyl (C=O) groups is 1. The van der Waals surface area contributed by atoms with Crippen LogP contribution in [-0.2, 0) is 14.8 Å². The summed E-state index contributed by atoms with van der Waals surface area (Å²) in [7, 11) is -3.76. The van der Waals surface area contributed by atoms with Crippen molar-refractivity contribution >= 4 is 32.7 Å². The first-order chi connectivity index (χ1) is 11.6. The van der Waals surface area contributed by atoms with Crippen LogP contribution in [0.5, 0.6) is 0 Å². The number of amides is 1. The quantitative estimate of drug-likeness (QED) is 0.691. The molecule has 0 unspecified atom stereocenters. The third kappa shape index (κ3) is 5.04. The molecule has 8 nitrogen and oxygen atoms in total. The van der Waals surface area contributed by atoms with Crippen molar-refractivity contribution in [3.63, 3.8) is 0 Å². The van der Waals surface area contributed by atoms with Crippen LogP contribution in [0.1, 0.15) is 20.8 Å². The van der Waals surface area contributed by atoms with Crippen molar-refractivity contribution in [1.29, 1.82) is 0 Å². The Hall–Kier alpha value is -2.39. The number of nitrogens with one attached hydrogen (secondary N) is 2. The second-order valence-corrected chi connectivity index (χ2v) is 8.11. The Morgan fingerprint density at radius 1 is 1.20 bits per heavy atom. The zero-order valence-electron chi connectivity index (χ0n) is 14.4. The highest BCUT2D eigenvalue weighted by molar-refractivity contribution is 7.89. The lowest BCUT2D eigenvalue weighted by molar-refractivity contribution is 0.0529. The summed E-state index contributed by atoms with van der Waals surface area (Å²) in [5, 5.41) is 3.55. The molecule has 1 amide bonds. The molecule has 136 valence electrons. The lowest BCUT2D eigenvalue weighted by Crippen LogP contribution is -2.37. The Bertz CT molecular complexity index is 875. The average molecular weight is 366 g/mol. The van der Waals surface area contributed by atoms with Crippen LogP contribution in [-0.4, -0.2) is 38.2 Å². The fourth-order valence-corrected chi connectivity index (χ4v) is 3.43. The van der Waals surface area contributed by atoms with E-state index in [1.54, 1.807) is 39.0 Å². The normalized spacial score (nSPS) is 12.1. The molecule has 4 N–H and O–H groups in total. The lowest BCUT2D eigenvalue weighted by atomic mass is 10.1. The van der Waals surface area contributed by atoms with Crippen molar-refractivity contribution < 1.29 is 17.9 Å². The van der Waals surface area contributed by atoms with Crippen molar-refractivity contribution in [3.05, 3.63) is 30.5 Å². The van der Waals surface area contributed by atoms with Gasteiger partial charge in [-0.15, -0.1) is 0 Å². The number of hydrogen-bond donors (Lipinski definition) is 3. The third-order valence-electron chi connectivity index (χ3n) is 3.17. The van der Waals surface area contributed by atoms with Crippen LogP contribution in [0, 0.1) is 0 Å². The molecule has 0 aliphatic heterocycles. The molecule has 2 rings (SSSR count). The second kappa shape index (κ2) is 7.24. The molecule has 0 radical (unpaired) electrons. The van der Waals surface area contributed by atoms with Crippen LogP contribution in [0.25, 0.3) is 10.8 Å². The Labute approximate surface area is 146 Å². The predicted octanol–water partition coefficient (Wildman–Crippen LogP) is 1.62. The van der Waals surface area contributed by atoms with Gasteiger partial charge in [-0.2, -0.15) is 0 Å².